The van der Waals surface area contributed by atoms with Gasteiger partial charge in [0.05, 0.1) is 30.6 Å². The molecule has 24 heavy (non-hydrogen) atoms. The number of Topliss-reactive ketones (excluding diaryl/α,β-unsaturated/α-hetero) is 1. The molecule has 3 rings (SSSR count). The number of nitro groups is 1. The van der Waals surface area contributed by atoms with E-state index in [1.807, 2.05) is 0 Å². The Labute approximate surface area is 140 Å². The fraction of sp³-hybridized carbons (Fsp3) is 0.200. The molecular formula is C15H11ClN2O6. The standard InChI is InChI=1S/C15H11ClN2O6/c1-23-15(20)24-12-6-11(19)13(16)14-9(12)5-7-4-8(18(21)22)2-3-10(7)17-14/h2-3,5,17H,4,6H2,1H3. The average molecular weight is 351 g/mol. The predicted octanol–water partition coefficient (Wildman–Crippen LogP) is 2.42. The number of methoxy groups -OCH3 is 1. The molecule has 1 N–H and O–H groups in total. The van der Waals surface area contributed by atoms with Crippen LogP contribution in [0.2, 0.25) is 0 Å². The Morgan fingerprint density at radius 3 is 2.79 bits per heavy atom. The number of ketones is 1. The molecular weight excluding hydrogens is 340 g/mol. The van der Waals surface area contributed by atoms with E-state index >= 15 is 0 Å². The molecule has 0 atom stereocenters. The summed E-state index contributed by atoms with van der Waals surface area (Å²) in [5.41, 5.74) is 1.98. The van der Waals surface area contributed by atoms with Crippen LogP contribution in [0.15, 0.2) is 57.3 Å². The van der Waals surface area contributed by atoms with Gasteiger partial charge in [-0.25, -0.2) is 4.79 Å². The summed E-state index contributed by atoms with van der Waals surface area (Å²) in [6.45, 7) is 0. The molecule has 1 heterocycles. The first-order chi connectivity index (χ1) is 11.4. The van der Waals surface area contributed by atoms with Crippen LogP contribution in [0, 0.1) is 10.1 Å². The van der Waals surface area contributed by atoms with Gasteiger partial charge in [-0.1, -0.05) is 11.6 Å². The summed E-state index contributed by atoms with van der Waals surface area (Å²) in [6.07, 6.45) is 3.49. The van der Waals surface area contributed by atoms with Crippen molar-refractivity contribution in [2.24, 2.45) is 0 Å². The Bertz CT molecular complexity index is 831. The number of hydrogen-bond donors (Lipinski definition) is 1. The first kappa shape index (κ1) is 16.0. The van der Waals surface area contributed by atoms with Gasteiger partial charge < -0.3 is 14.8 Å². The van der Waals surface area contributed by atoms with Crippen molar-refractivity contribution in [3.8, 4) is 0 Å². The highest BCUT2D eigenvalue weighted by molar-refractivity contribution is 6.43. The molecule has 0 amide bonds. The first-order valence-corrected chi connectivity index (χ1v) is 7.24. The van der Waals surface area contributed by atoms with Crippen molar-refractivity contribution in [2.75, 3.05) is 7.11 Å². The summed E-state index contributed by atoms with van der Waals surface area (Å²) in [5.74, 6) is -0.320. The number of halogens is 1. The molecule has 0 unspecified atom stereocenters. The lowest BCUT2D eigenvalue weighted by atomic mass is 9.89. The smallest absolute Gasteiger partial charge is 0.437 e. The summed E-state index contributed by atoms with van der Waals surface area (Å²) in [5, 5.41) is 13.9. The topological polar surface area (TPSA) is 108 Å². The fourth-order valence-electron chi connectivity index (χ4n) is 2.54. The van der Waals surface area contributed by atoms with Gasteiger partial charge in [0, 0.05) is 17.3 Å². The number of fused-ring (bicyclic) bond motifs is 2. The van der Waals surface area contributed by atoms with Gasteiger partial charge in [0.2, 0.25) is 0 Å². The van der Waals surface area contributed by atoms with Crippen LogP contribution < -0.4 is 5.32 Å². The van der Waals surface area contributed by atoms with Gasteiger partial charge in [0.15, 0.2) is 5.78 Å². The second-order valence-electron chi connectivity index (χ2n) is 5.15. The van der Waals surface area contributed by atoms with Crippen molar-refractivity contribution >= 4 is 23.5 Å². The van der Waals surface area contributed by atoms with Crippen molar-refractivity contribution in [3.05, 3.63) is 67.4 Å². The lowest BCUT2D eigenvalue weighted by Gasteiger charge is -2.29. The molecule has 0 aromatic heterocycles. The van der Waals surface area contributed by atoms with Crippen LogP contribution in [0.4, 0.5) is 4.79 Å². The van der Waals surface area contributed by atoms with Crippen LogP contribution in [0.5, 0.6) is 0 Å². The van der Waals surface area contributed by atoms with E-state index in [-0.39, 0.29) is 29.3 Å². The summed E-state index contributed by atoms with van der Waals surface area (Å²) < 4.78 is 9.48. The minimum atomic E-state index is -0.961. The Morgan fingerprint density at radius 1 is 1.38 bits per heavy atom. The van der Waals surface area contributed by atoms with E-state index in [9.17, 15) is 19.7 Å². The Balaban J connectivity index is 2.09. The molecule has 0 spiro atoms. The van der Waals surface area contributed by atoms with Gasteiger partial charge in [0.25, 0.3) is 5.70 Å². The number of nitrogens with zero attached hydrogens (tertiary/aromatic N) is 1. The number of carbonyl (C=O) groups is 2. The molecule has 0 saturated carbocycles. The monoisotopic (exact) mass is 350 g/mol. The predicted molar refractivity (Wildman–Crippen MR) is 82.0 cm³/mol. The van der Waals surface area contributed by atoms with E-state index in [4.69, 9.17) is 16.3 Å². The Kier molecular flexibility index (Phi) is 3.98. The van der Waals surface area contributed by atoms with Gasteiger partial charge in [-0.15, -0.1) is 0 Å². The maximum absolute atomic E-state index is 12.0. The highest BCUT2D eigenvalue weighted by Crippen LogP contribution is 2.38. The number of carbonyl (C=O) groups excluding carboxylic acids is 2. The van der Waals surface area contributed by atoms with E-state index < -0.39 is 16.9 Å². The van der Waals surface area contributed by atoms with E-state index in [2.05, 4.69) is 10.1 Å². The minimum absolute atomic E-state index is 0.0116. The molecule has 0 fully saturated rings. The quantitative estimate of drug-likeness (QED) is 0.463. The molecule has 0 bridgehead atoms. The molecule has 0 saturated heterocycles. The van der Waals surface area contributed by atoms with E-state index in [0.717, 1.165) is 7.11 Å². The molecule has 1 aliphatic heterocycles. The largest absolute Gasteiger partial charge is 0.513 e. The van der Waals surface area contributed by atoms with Crippen LogP contribution in [0.25, 0.3) is 0 Å². The number of nitrogens with one attached hydrogen (secondary N) is 1. The zero-order valence-electron chi connectivity index (χ0n) is 12.4. The normalized spacial score (nSPS) is 19.4. The molecule has 0 radical (unpaired) electrons. The molecule has 8 nitrogen and oxygen atoms in total. The molecule has 9 heteroatoms. The molecule has 124 valence electrons. The Hall–Kier alpha value is -2.87. The zero-order valence-corrected chi connectivity index (χ0v) is 13.2. The summed E-state index contributed by atoms with van der Waals surface area (Å²) >= 11 is 6.07. The highest BCUT2D eigenvalue weighted by atomic mass is 35.5. The second-order valence-corrected chi connectivity index (χ2v) is 5.53. The highest BCUT2D eigenvalue weighted by Gasteiger charge is 2.34. The summed E-state index contributed by atoms with van der Waals surface area (Å²) in [4.78, 5) is 33.9. The zero-order chi connectivity index (χ0) is 17.4. The van der Waals surface area contributed by atoms with E-state index in [1.54, 1.807) is 12.2 Å². The van der Waals surface area contributed by atoms with Crippen LogP contribution in [-0.2, 0) is 14.3 Å². The van der Waals surface area contributed by atoms with Crippen LogP contribution in [0.1, 0.15) is 12.8 Å². The van der Waals surface area contributed by atoms with Crippen LogP contribution in [0.3, 0.4) is 0 Å². The third-order valence-electron chi connectivity index (χ3n) is 3.70. The number of hydrogen-bond acceptors (Lipinski definition) is 7. The van der Waals surface area contributed by atoms with E-state index in [0.29, 0.717) is 22.5 Å². The number of ether oxygens (including phenoxy) is 2. The molecule has 0 aromatic rings. The van der Waals surface area contributed by atoms with Gasteiger partial charge in [0.1, 0.15) is 10.8 Å². The van der Waals surface area contributed by atoms with Crippen LogP contribution >= 0.6 is 11.6 Å². The summed E-state index contributed by atoms with van der Waals surface area (Å²) in [7, 11) is 1.15. The first-order valence-electron chi connectivity index (χ1n) is 6.86. The van der Waals surface area contributed by atoms with Gasteiger partial charge in [-0.2, -0.15) is 0 Å². The van der Waals surface area contributed by atoms with Crippen molar-refractivity contribution in [2.45, 2.75) is 12.8 Å². The van der Waals surface area contributed by atoms with E-state index in [1.165, 1.54) is 6.08 Å². The van der Waals surface area contributed by atoms with Crippen molar-refractivity contribution in [1.82, 2.24) is 5.32 Å². The van der Waals surface area contributed by atoms with Gasteiger partial charge >= 0.3 is 6.16 Å². The maximum Gasteiger partial charge on any atom is 0.513 e. The van der Waals surface area contributed by atoms with Gasteiger partial charge in [-0.3, -0.25) is 14.9 Å². The third kappa shape index (κ3) is 2.71. The number of rotatable bonds is 2. The average Bonchev–Trinajstić information content (AvgIpc) is 2.57. The number of allylic oxidation sites excluding steroid dienone is 7. The van der Waals surface area contributed by atoms with Crippen molar-refractivity contribution in [1.29, 1.82) is 0 Å². The molecule has 0 aromatic carbocycles. The lowest BCUT2D eigenvalue weighted by molar-refractivity contribution is -0.427. The van der Waals surface area contributed by atoms with Crippen molar-refractivity contribution in [3.63, 3.8) is 0 Å². The Morgan fingerprint density at radius 2 is 2.12 bits per heavy atom. The van der Waals surface area contributed by atoms with Crippen LogP contribution in [-0.4, -0.2) is 24.0 Å². The lowest BCUT2D eigenvalue weighted by Crippen LogP contribution is -2.29. The SMILES string of the molecule is COC(=O)OC1=C2C=C3CC([N+](=O)[O-])=CC=C3NC2=C(Cl)C(=O)C1. The summed E-state index contributed by atoms with van der Waals surface area (Å²) in [6, 6.07) is 0. The fourth-order valence-corrected chi connectivity index (χ4v) is 2.76. The minimum Gasteiger partial charge on any atom is -0.437 e. The van der Waals surface area contributed by atoms with Gasteiger partial charge in [-0.05, 0) is 17.7 Å². The molecule has 3 aliphatic rings. The second kappa shape index (κ2) is 5.97. The van der Waals surface area contributed by atoms with Crippen molar-refractivity contribution < 1.29 is 24.0 Å². The molecule has 2 aliphatic carbocycles. The third-order valence-corrected chi connectivity index (χ3v) is 4.10. The maximum atomic E-state index is 12.0.